The molecule has 0 bridgehead atoms. The van der Waals surface area contributed by atoms with E-state index in [0.29, 0.717) is 18.5 Å². The monoisotopic (exact) mass is 502 g/mol. The molecule has 2 aliphatic heterocycles. The first kappa shape index (κ1) is 22.6. The van der Waals surface area contributed by atoms with Gasteiger partial charge in [-0.15, -0.1) is 0 Å². The zero-order valence-corrected chi connectivity index (χ0v) is 19.1. The maximum absolute atomic E-state index is 13.3. The van der Waals surface area contributed by atoms with Gasteiger partial charge in [0.1, 0.15) is 18.9 Å². The Morgan fingerprint density at radius 3 is 2.41 bits per heavy atom. The maximum atomic E-state index is 13.3. The van der Waals surface area contributed by atoms with Gasteiger partial charge >= 0.3 is 0 Å². The minimum atomic E-state index is -0.786. The molecule has 0 spiro atoms. The van der Waals surface area contributed by atoms with E-state index in [1.165, 1.54) is 34.1 Å². The van der Waals surface area contributed by atoms with Gasteiger partial charge in [0.2, 0.25) is 5.78 Å². The van der Waals surface area contributed by atoms with Crippen molar-refractivity contribution >= 4 is 33.4 Å². The zero-order chi connectivity index (χ0) is 22.7. The van der Waals surface area contributed by atoms with Crippen LogP contribution < -0.4 is 10.0 Å². The predicted molar refractivity (Wildman–Crippen MR) is 118 cm³/mol. The summed E-state index contributed by atoms with van der Waals surface area (Å²) in [6.07, 6.45) is 0.708. The highest BCUT2D eigenvalue weighted by Crippen LogP contribution is 2.39. The fourth-order valence-electron chi connectivity index (χ4n) is 4.26. The van der Waals surface area contributed by atoms with Crippen molar-refractivity contribution in [3.63, 3.8) is 0 Å². The van der Waals surface area contributed by atoms with Crippen molar-refractivity contribution in [3.8, 4) is 0 Å². The summed E-state index contributed by atoms with van der Waals surface area (Å²) in [5.74, 6) is -2.47. The van der Waals surface area contributed by atoms with Crippen LogP contribution in [0.5, 0.6) is 0 Å². The molecule has 1 N–H and O–H groups in total. The van der Waals surface area contributed by atoms with Gasteiger partial charge in [-0.25, -0.2) is 4.39 Å². The molecular formula is C24H24BrFN2O4. The molecule has 32 heavy (non-hydrogen) atoms. The highest BCUT2D eigenvalue weighted by atomic mass is 79.9. The molecule has 6 nitrogen and oxygen atoms in total. The first-order chi connectivity index (χ1) is 15.5. The zero-order valence-electron chi connectivity index (χ0n) is 17.5. The van der Waals surface area contributed by atoms with Crippen LogP contribution >= 0.6 is 15.9 Å². The summed E-state index contributed by atoms with van der Waals surface area (Å²) in [7, 11) is 0. The molecule has 2 heterocycles. The number of nitrogens with zero attached hydrogens (tertiary/aromatic N) is 1. The van der Waals surface area contributed by atoms with E-state index in [1.54, 1.807) is 12.1 Å². The van der Waals surface area contributed by atoms with Gasteiger partial charge in [0.15, 0.2) is 0 Å². The van der Waals surface area contributed by atoms with Gasteiger partial charge in [-0.05, 0) is 35.4 Å². The number of quaternary nitrogens is 1. The summed E-state index contributed by atoms with van der Waals surface area (Å²) in [6, 6.07) is 11.5. The van der Waals surface area contributed by atoms with Gasteiger partial charge in [0.25, 0.3) is 5.91 Å². The number of nitrogens with one attached hydrogen (secondary N) is 1. The molecular weight excluding hydrogens is 479 g/mol. The molecule has 2 aliphatic rings. The highest BCUT2D eigenvalue weighted by molar-refractivity contribution is 9.10. The molecule has 2 saturated heterocycles. The smallest absolute Gasteiger partial charge is 0.295 e. The Morgan fingerprint density at radius 2 is 1.75 bits per heavy atom. The van der Waals surface area contributed by atoms with Crippen molar-refractivity contribution in [2.24, 2.45) is 0 Å². The van der Waals surface area contributed by atoms with Crippen LogP contribution in [-0.4, -0.2) is 56.0 Å². The van der Waals surface area contributed by atoms with Gasteiger partial charge in [-0.3, -0.25) is 9.59 Å². The molecule has 2 fully saturated rings. The van der Waals surface area contributed by atoms with Crippen molar-refractivity contribution < 1.29 is 28.7 Å². The fourth-order valence-corrected chi connectivity index (χ4v) is 4.52. The number of halogens is 2. The van der Waals surface area contributed by atoms with Crippen molar-refractivity contribution in [1.82, 2.24) is 4.90 Å². The quantitative estimate of drug-likeness (QED) is 0.365. The van der Waals surface area contributed by atoms with Crippen LogP contribution in [0.4, 0.5) is 4.39 Å². The van der Waals surface area contributed by atoms with Crippen LogP contribution in [0.25, 0.3) is 5.76 Å². The lowest BCUT2D eigenvalue weighted by atomic mass is 9.95. The Bertz CT molecular complexity index is 1020. The first-order valence-corrected chi connectivity index (χ1v) is 11.4. The molecule has 8 heteroatoms. The minimum absolute atomic E-state index is 0.0809. The SMILES string of the molecule is O=C1C(=O)N(CCC[NH+]2CCOCC2)C(c2ccc(Br)cc2)/C1=C(\[O-])c1ccc(F)cc1. The van der Waals surface area contributed by atoms with E-state index >= 15 is 0 Å². The summed E-state index contributed by atoms with van der Waals surface area (Å²) < 4.78 is 19.6. The molecule has 168 valence electrons. The Labute approximate surface area is 194 Å². The van der Waals surface area contributed by atoms with E-state index < -0.39 is 29.3 Å². The third kappa shape index (κ3) is 4.77. The summed E-state index contributed by atoms with van der Waals surface area (Å²) in [5.41, 5.74) is 0.795. The number of hydrogen-bond acceptors (Lipinski definition) is 4. The molecule has 1 atom stereocenters. The average Bonchev–Trinajstić information content (AvgIpc) is 3.05. The summed E-state index contributed by atoms with van der Waals surface area (Å²) >= 11 is 3.40. The number of benzene rings is 2. The number of likely N-dealkylation sites (tertiary alicyclic amines) is 1. The molecule has 0 saturated carbocycles. The largest absolute Gasteiger partial charge is 0.872 e. The van der Waals surface area contributed by atoms with E-state index in [2.05, 4.69) is 15.9 Å². The second-order valence-electron chi connectivity index (χ2n) is 8.00. The van der Waals surface area contributed by atoms with E-state index in [-0.39, 0.29) is 11.1 Å². The van der Waals surface area contributed by atoms with Crippen LogP contribution in [0, 0.1) is 5.82 Å². The Hall–Kier alpha value is -2.55. The molecule has 1 unspecified atom stereocenters. The van der Waals surface area contributed by atoms with Crippen molar-refractivity contribution in [1.29, 1.82) is 0 Å². The topological polar surface area (TPSA) is 74.1 Å². The van der Waals surface area contributed by atoms with Crippen LogP contribution in [0.3, 0.4) is 0 Å². The third-order valence-corrected chi connectivity index (χ3v) is 6.48. The van der Waals surface area contributed by atoms with Crippen LogP contribution in [-0.2, 0) is 14.3 Å². The first-order valence-electron chi connectivity index (χ1n) is 10.6. The Morgan fingerprint density at radius 1 is 1.09 bits per heavy atom. The van der Waals surface area contributed by atoms with Crippen LogP contribution in [0.1, 0.15) is 23.6 Å². The van der Waals surface area contributed by atoms with E-state index in [4.69, 9.17) is 4.74 Å². The second-order valence-corrected chi connectivity index (χ2v) is 8.91. The molecule has 0 radical (unpaired) electrons. The third-order valence-electron chi connectivity index (χ3n) is 5.95. The standard InChI is InChI=1S/C24H24BrFN2O4/c25-18-6-2-16(3-7-18)21-20(22(29)17-4-8-19(26)9-5-17)23(30)24(31)28(21)11-1-10-27-12-14-32-15-13-27/h2-9,21,29H,1,10-15H2/b22-20+. The van der Waals surface area contributed by atoms with Crippen molar-refractivity contribution in [2.45, 2.75) is 12.5 Å². The molecule has 4 rings (SSSR count). The minimum Gasteiger partial charge on any atom is -0.872 e. The number of rotatable bonds is 6. The maximum Gasteiger partial charge on any atom is 0.295 e. The lowest BCUT2D eigenvalue weighted by molar-refractivity contribution is -0.908. The van der Waals surface area contributed by atoms with Crippen molar-refractivity contribution in [2.75, 3.05) is 39.4 Å². The van der Waals surface area contributed by atoms with Crippen molar-refractivity contribution in [3.05, 3.63) is 75.5 Å². The van der Waals surface area contributed by atoms with E-state index in [9.17, 15) is 19.1 Å². The predicted octanol–water partition coefficient (Wildman–Crippen LogP) is 1.12. The van der Waals surface area contributed by atoms with Gasteiger partial charge < -0.3 is 19.6 Å². The van der Waals surface area contributed by atoms with E-state index in [0.717, 1.165) is 37.3 Å². The van der Waals surface area contributed by atoms with Crippen LogP contribution in [0.15, 0.2) is 58.6 Å². The number of morpholine rings is 1. The Balaban J connectivity index is 1.66. The average molecular weight is 503 g/mol. The summed E-state index contributed by atoms with van der Waals surface area (Å²) in [4.78, 5) is 28.8. The van der Waals surface area contributed by atoms with E-state index in [1.807, 2.05) is 12.1 Å². The normalized spacial score (nSPS) is 21.3. The van der Waals surface area contributed by atoms with Gasteiger partial charge in [-0.1, -0.05) is 46.0 Å². The number of ketones is 1. The molecule has 2 aromatic carbocycles. The molecule has 2 aromatic rings. The number of ether oxygens (including phenoxy) is 1. The van der Waals surface area contributed by atoms with Gasteiger partial charge in [-0.2, -0.15) is 0 Å². The second kappa shape index (κ2) is 9.94. The van der Waals surface area contributed by atoms with Gasteiger partial charge in [0.05, 0.1) is 25.8 Å². The lowest BCUT2D eigenvalue weighted by Crippen LogP contribution is -3.14. The van der Waals surface area contributed by atoms with Gasteiger partial charge in [0, 0.05) is 23.0 Å². The lowest BCUT2D eigenvalue weighted by Gasteiger charge is -2.29. The fraction of sp³-hybridized carbons (Fsp3) is 0.333. The number of hydrogen-bond donors (Lipinski definition) is 1. The Kier molecular flexibility index (Phi) is 7.03. The highest BCUT2D eigenvalue weighted by Gasteiger charge is 2.44. The summed E-state index contributed by atoms with van der Waals surface area (Å²) in [5, 5.41) is 13.2. The molecule has 0 aromatic heterocycles. The number of carbonyl (C=O) groups excluding carboxylic acids is 2. The molecule has 1 amide bonds. The van der Waals surface area contributed by atoms with Crippen LogP contribution in [0.2, 0.25) is 0 Å². The number of Topliss-reactive ketones (excluding diaryl/α,β-unsaturated/α-hetero) is 1. The number of carbonyl (C=O) groups is 2. The molecule has 0 aliphatic carbocycles. The number of amides is 1. The summed E-state index contributed by atoms with van der Waals surface area (Å²) in [6.45, 7) is 4.52.